The van der Waals surface area contributed by atoms with Crippen LogP contribution in [0.3, 0.4) is 0 Å². The van der Waals surface area contributed by atoms with Gasteiger partial charge < -0.3 is 19.6 Å². The molecule has 1 aliphatic rings. The molecular formula is C16H16N4O3. The van der Waals surface area contributed by atoms with Gasteiger partial charge in [-0.3, -0.25) is 9.59 Å². The number of hydrogen-bond donors (Lipinski definition) is 2. The molecule has 0 aliphatic carbocycles. The van der Waals surface area contributed by atoms with Crippen LogP contribution >= 0.6 is 0 Å². The van der Waals surface area contributed by atoms with Crippen LogP contribution in [0.25, 0.3) is 0 Å². The maximum Gasteiger partial charge on any atom is 0.270 e. The number of carbonyl (C=O) groups excluding carboxylic acids is 2. The van der Waals surface area contributed by atoms with Gasteiger partial charge in [0.25, 0.3) is 5.91 Å². The van der Waals surface area contributed by atoms with Crippen LogP contribution in [-0.4, -0.2) is 34.3 Å². The summed E-state index contributed by atoms with van der Waals surface area (Å²) in [7, 11) is 0. The minimum atomic E-state index is -0.494. The molecule has 0 aromatic carbocycles. The average Bonchev–Trinajstić information content (AvgIpc) is 3.32. The lowest BCUT2D eigenvalue weighted by molar-refractivity contribution is -0.125. The Morgan fingerprint density at radius 3 is 3.09 bits per heavy atom. The van der Waals surface area contributed by atoms with Crippen molar-refractivity contribution in [2.45, 2.75) is 25.4 Å². The molecule has 1 aliphatic heterocycles. The number of aromatic nitrogens is 1. The van der Waals surface area contributed by atoms with Gasteiger partial charge in [0.1, 0.15) is 23.6 Å². The van der Waals surface area contributed by atoms with Gasteiger partial charge in [-0.25, -0.2) is 0 Å². The first-order valence-corrected chi connectivity index (χ1v) is 7.38. The fraction of sp³-hybridized carbons (Fsp3) is 0.312. The van der Waals surface area contributed by atoms with Crippen molar-refractivity contribution in [1.82, 2.24) is 15.2 Å². The number of nitrogens with zero attached hydrogens (tertiary/aromatic N) is 2. The van der Waals surface area contributed by atoms with Gasteiger partial charge in [-0.1, -0.05) is 0 Å². The second kappa shape index (κ2) is 6.40. The van der Waals surface area contributed by atoms with E-state index in [2.05, 4.69) is 10.3 Å². The molecule has 3 rings (SSSR count). The summed E-state index contributed by atoms with van der Waals surface area (Å²) in [5, 5.41) is 11.6. The molecule has 1 unspecified atom stereocenters. The Hall–Kier alpha value is -3.01. The van der Waals surface area contributed by atoms with E-state index in [1.165, 1.54) is 12.3 Å². The highest BCUT2D eigenvalue weighted by atomic mass is 16.3. The lowest BCUT2D eigenvalue weighted by atomic mass is 10.2. The van der Waals surface area contributed by atoms with Crippen LogP contribution in [0.5, 0.6) is 0 Å². The first-order valence-electron chi connectivity index (χ1n) is 7.38. The molecule has 7 nitrogen and oxygen atoms in total. The number of furan rings is 1. The molecule has 1 atom stereocenters. The maximum atomic E-state index is 12.5. The van der Waals surface area contributed by atoms with E-state index in [1.54, 1.807) is 23.3 Å². The predicted molar refractivity (Wildman–Crippen MR) is 80.1 cm³/mol. The number of aromatic amines is 1. The Labute approximate surface area is 132 Å². The van der Waals surface area contributed by atoms with Gasteiger partial charge in [-0.15, -0.1) is 0 Å². The lowest BCUT2D eigenvalue weighted by Crippen LogP contribution is -2.45. The Bertz CT molecular complexity index is 742. The zero-order chi connectivity index (χ0) is 16.2. The van der Waals surface area contributed by atoms with Gasteiger partial charge in [0.2, 0.25) is 5.91 Å². The van der Waals surface area contributed by atoms with Gasteiger partial charge in [0.15, 0.2) is 0 Å². The van der Waals surface area contributed by atoms with Gasteiger partial charge >= 0.3 is 0 Å². The third-order valence-electron chi connectivity index (χ3n) is 3.88. The van der Waals surface area contributed by atoms with Crippen LogP contribution in [0.2, 0.25) is 0 Å². The molecule has 0 saturated carbocycles. The summed E-state index contributed by atoms with van der Waals surface area (Å²) >= 11 is 0. The number of amides is 2. The fourth-order valence-electron chi connectivity index (χ4n) is 2.72. The minimum absolute atomic E-state index is 0.195. The van der Waals surface area contributed by atoms with Crippen molar-refractivity contribution < 1.29 is 14.0 Å². The second-order valence-electron chi connectivity index (χ2n) is 5.37. The van der Waals surface area contributed by atoms with Crippen molar-refractivity contribution in [3.8, 4) is 6.07 Å². The monoisotopic (exact) mass is 312 g/mol. The standard InChI is InChI=1S/C16H16N4O3/c17-8-11-7-13(18-9-11)16(22)20-5-1-4-14(20)15(21)19-10-12-3-2-6-23-12/h2-3,6-7,9,14,18H,1,4-5,10H2,(H,19,21). The summed E-state index contributed by atoms with van der Waals surface area (Å²) < 4.78 is 5.17. The highest BCUT2D eigenvalue weighted by Gasteiger charge is 2.34. The predicted octanol–water partition coefficient (Wildman–Crippen LogP) is 1.40. The molecule has 1 saturated heterocycles. The highest BCUT2D eigenvalue weighted by Crippen LogP contribution is 2.20. The molecule has 23 heavy (non-hydrogen) atoms. The van der Waals surface area contributed by atoms with E-state index in [0.717, 1.165) is 6.42 Å². The lowest BCUT2D eigenvalue weighted by Gasteiger charge is -2.23. The topological polar surface area (TPSA) is 102 Å². The molecule has 7 heteroatoms. The van der Waals surface area contributed by atoms with Crippen molar-refractivity contribution in [2.75, 3.05) is 6.54 Å². The van der Waals surface area contributed by atoms with E-state index in [4.69, 9.17) is 9.68 Å². The van der Waals surface area contributed by atoms with Crippen LogP contribution < -0.4 is 5.32 Å². The highest BCUT2D eigenvalue weighted by molar-refractivity contribution is 5.96. The largest absolute Gasteiger partial charge is 0.467 e. The zero-order valence-corrected chi connectivity index (χ0v) is 12.4. The molecule has 0 spiro atoms. The molecule has 0 radical (unpaired) electrons. The Balaban J connectivity index is 1.65. The van der Waals surface area contributed by atoms with Crippen molar-refractivity contribution in [3.63, 3.8) is 0 Å². The third-order valence-corrected chi connectivity index (χ3v) is 3.88. The molecule has 1 fully saturated rings. The van der Waals surface area contributed by atoms with E-state index in [9.17, 15) is 9.59 Å². The minimum Gasteiger partial charge on any atom is -0.467 e. The SMILES string of the molecule is N#Cc1c[nH]c(C(=O)N2CCCC2C(=O)NCc2ccco2)c1. The van der Waals surface area contributed by atoms with Gasteiger partial charge in [0.05, 0.1) is 18.4 Å². The number of likely N-dealkylation sites (tertiary alicyclic amines) is 1. The third kappa shape index (κ3) is 3.11. The fourth-order valence-corrected chi connectivity index (χ4v) is 2.72. The van der Waals surface area contributed by atoms with E-state index in [0.29, 0.717) is 36.5 Å². The molecule has 2 N–H and O–H groups in total. The van der Waals surface area contributed by atoms with Crippen LogP contribution in [0.15, 0.2) is 35.1 Å². The summed E-state index contributed by atoms with van der Waals surface area (Å²) in [6, 6.07) is 6.51. The Morgan fingerprint density at radius 1 is 1.52 bits per heavy atom. The number of nitrogens with one attached hydrogen (secondary N) is 2. The van der Waals surface area contributed by atoms with Crippen LogP contribution in [0, 0.1) is 11.3 Å². The molecule has 2 aromatic heterocycles. The first-order chi connectivity index (χ1) is 11.2. The second-order valence-corrected chi connectivity index (χ2v) is 5.37. The number of H-pyrrole nitrogens is 1. The molecule has 118 valence electrons. The average molecular weight is 312 g/mol. The number of hydrogen-bond acceptors (Lipinski definition) is 4. The van der Waals surface area contributed by atoms with Crippen molar-refractivity contribution in [3.05, 3.63) is 47.7 Å². The number of rotatable bonds is 4. The van der Waals surface area contributed by atoms with Gasteiger partial charge in [-0.05, 0) is 31.0 Å². The van der Waals surface area contributed by atoms with Gasteiger partial charge in [0, 0.05) is 12.7 Å². The number of nitriles is 1. The van der Waals surface area contributed by atoms with Gasteiger partial charge in [-0.2, -0.15) is 5.26 Å². The van der Waals surface area contributed by atoms with E-state index < -0.39 is 6.04 Å². The van der Waals surface area contributed by atoms with E-state index in [1.807, 2.05) is 6.07 Å². The molecular weight excluding hydrogens is 296 g/mol. The zero-order valence-electron chi connectivity index (χ0n) is 12.4. The quantitative estimate of drug-likeness (QED) is 0.890. The van der Waals surface area contributed by atoms with Crippen molar-refractivity contribution >= 4 is 11.8 Å². The van der Waals surface area contributed by atoms with Crippen LogP contribution in [0.1, 0.15) is 34.7 Å². The molecule has 3 heterocycles. The van der Waals surface area contributed by atoms with Crippen LogP contribution in [0.4, 0.5) is 0 Å². The Morgan fingerprint density at radius 2 is 2.39 bits per heavy atom. The smallest absolute Gasteiger partial charge is 0.270 e. The van der Waals surface area contributed by atoms with E-state index >= 15 is 0 Å². The summed E-state index contributed by atoms with van der Waals surface area (Å²) in [6.45, 7) is 0.823. The molecule has 2 amide bonds. The summed E-state index contributed by atoms with van der Waals surface area (Å²) in [4.78, 5) is 29.2. The van der Waals surface area contributed by atoms with Crippen molar-refractivity contribution in [1.29, 1.82) is 5.26 Å². The number of carbonyl (C=O) groups is 2. The maximum absolute atomic E-state index is 12.5. The van der Waals surface area contributed by atoms with E-state index in [-0.39, 0.29) is 11.8 Å². The normalized spacial score (nSPS) is 17.0. The Kier molecular flexibility index (Phi) is 4.15. The summed E-state index contributed by atoms with van der Waals surface area (Å²) in [5.41, 5.74) is 0.721. The molecule has 2 aromatic rings. The summed E-state index contributed by atoms with van der Waals surface area (Å²) in [6.07, 6.45) is 4.43. The van der Waals surface area contributed by atoms with Crippen molar-refractivity contribution in [2.24, 2.45) is 0 Å². The van der Waals surface area contributed by atoms with Crippen LogP contribution in [-0.2, 0) is 11.3 Å². The summed E-state index contributed by atoms with van der Waals surface area (Å²) in [5.74, 6) is 0.207. The molecule has 0 bridgehead atoms. The first kappa shape index (κ1) is 14.9.